The first-order valence-corrected chi connectivity index (χ1v) is 10.5. The highest BCUT2D eigenvalue weighted by molar-refractivity contribution is 9.11. The van der Waals surface area contributed by atoms with Crippen LogP contribution in [0.15, 0.2) is 38.3 Å². The summed E-state index contributed by atoms with van der Waals surface area (Å²) in [6.45, 7) is 5.97. The molecule has 0 bridgehead atoms. The van der Waals surface area contributed by atoms with E-state index in [2.05, 4.69) is 56.2 Å². The van der Waals surface area contributed by atoms with Crippen molar-refractivity contribution in [3.8, 4) is 17.2 Å². The lowest BCUT2D eigenvalue weighted by molar-refractivity contribution is -0.123. The van der Waals surface area contributed by atoms with E-state index in [4.69, 9.17) is 14.2 Å². The van der Waals surface area contributed by atoms with Crippen molar-refractivity contribution in [3.05, 3.63) is 49.9 Å². The highest BCUT2D eigenvalue weighted by Gasteiger charge is 2.17. The van der Waals surface area contributed by atoms with Gasteiger partial charge < -0.3 is 14.2 Å². The minimum atomic E-state index is -0.357. The molecule has 0 unspecified atom stereocenters. The van der Waals surface area contributed by atoms with Gasteiger partial charge in [0.2, 0.25) is 0 Å². The Hall–Kier alpha value is -2.06. The van der Waals surface area contributed by atoms with Gasteiger partial charge in [0, 0.05) is 4.47 Å². The van der Waals surface area contributed by atoms with E-state index in [1.165, 1.54) is 6.21 Å². The molecule has 6 nitrogen and oxygen atoms in total. The summed E-state index contributed by atoms with van der Waals surface area (Å²) < 4.78 is 18.1. The van der Waals surface area contributed by atoms with Gasteiger partial charge in [0.05, 0.1) is 24.9 Å². The summed E-state index contributed by atoms with van der Waals surface area (Å²) in [7, 11) is 3.13. The Kier molecular flexibility index (Phi) is 8.52. The summed E-state index contributed by atoms with van der Waals surface area (Å²) in [6, 6.07) is 7.37. The smallest absolute Gasteiger partial charge is 0.277 e. The number of hydrogen-bond donors (Lipinski definition) is 1. The minimum Gasteiger partial charge on any atom is -0.493 e. The molecule has 0 aliphatic rings. The number of hydrazone groups is 1. The summed E-state index contributed by atoms with van der Waals surface area (Å²) in [5.41, 5.74) is 5.25. The van der Waals surface area contributed by atoms with E-state index < -0.39 is 0 Å². The van der Waals surface area contributed by atoms with Gasteiger partial charge in [0.15, 0.2) is 18.1 Å². The maximum atomic E-state index is 12.2. The SMILES string of the molecule is COc1ccc(/C=N/NC(=O)COc2c(C(C)C)cc(Br)c(C)c2Br)cc1OC. The number of methoxy groups -OCH3 is 2. The topological polar surface area (TPSA) is 69.2 Å². The van der Waals surface area contributed by atoms with E-state index in [9.17, 15) is 4.79 Å². The van der Waals surface area contributed by atoms with Crippen molar-refractivity contribution in [1.29, 1.82) is 0 Å². The largest absolute Gasteiger partial charge is 0.493 e. The molecule has 156 valence electrons. The van der Waals surface area contributed by atoms with Crippen molar-refractivity contribution < 1.29 is 19.0 Å². The van der Waals surface area contributed by atoms with Crippen LogP contribution in [0.2, 0.25) is 0 Å². The van der Waals surface area contributed by atoms with Crippen LogP contribution in [-0.4, -0.2) is 32.9 Å². The second-order valence-corrected chi connectivity index (χ2v) is 8.21. The molecule has 1 N–H and O–H groups in total. The predicted molar refractivity (Wildman–Crippen MR) is 121 cm³/mol. The number of rotatable bonds is 8. The monoisotopic (exact) mass is 526 g/mol. The molecule has 0 atom stereocenters. The zero-order valence-corrected chi connectivity index (χ0v) is 20.2. The molecule has 0 saturated carbocycles. The zero-order chi connectivity index (χ0) is 21.6. The molecular weight excluding hydrogens is 504 g/mol. The van der Waals surface area contributed by atoms with Gasteiger partial charge in [-0.3, -0.25) is 4.79 Å². The van der Waals surface area contributed by atoms with Crippen LogP contribution in [-0.2, 0) is 4.79 Å². The summed E-state index contributed by atoms with van der Waals surface area (Å²) in [5, 5.41) is 3.98. The van der Waals surface area contributed by atoms with Crippen LogP contribution in [0, 0.1) is 6.92 Å². The van der Waals surface area contributed by atoms with Crippen LogP contribution in [0.4, 0.5) is 0 Å². The number of nitrogens with one attached hydrogen (secondary N) is 1. The number of benzene rings is 2. The Morgan fingerprint density at radius 1 is 1.17 bits per heavy atom. The number of hydrogen-bond acceptors (Lipinski definition) is 5. The van der Waals surface area contributed by atoms with Gasteiger partial charge in [-0.2, -0.15) is 5.10 Å². The summed E-state index contributed by atoms with van der Waals surface area (Å²) in [5.74, 6) is 1.76. The van der Waals surface area contributed by atoms with Crippen LogP contribution in [0.25, 0.3) is 0 Å². The second kappa shape index (κ2) is 10.6. The highest BCUT2D eigenvalue weighted by Crippen LogP contribution is 2.40. The van der Waals surface area contributed by atoms with Crippen molar-refractivity contribution in [2.24, 2.45) is 5.10 Å². The van der Waals surface area contributed by atoms with Crippen molar-refractivity contribution in [2.45, 2.75) is 26.7 Å². The quantitative estimate of drug-likeness (QED) is 0.379. The number of nitrogens with zero attached hydrogens (tertiary/aromatic N) is 1. The van der Waals surface area contributed by atoms with E-state index in [1.807, 2.05) is 19.1 Å². The van der Waals surface area contributed by atoms with Gasteiger partial charge in [0.25, 0.3) is 5.91 Å². The molecule has 2 rings (SSSR count). The van der Waals surface area contributed by atoms with Gasteiger partial charge in [-0.25, -0.2) is 5.43 Å². The first-order valence-electron chi connectivity index (χ1n) is 8.93. The molecule has 0 spiro atoms. The standard InChI is InChI=1S/C21H24Br2N2O4/c1-12(2)15-9-16(22)13(3)20(23)21(15)29-11-19(26)25-24-10-14-6-7-17(27-4)18(8-14)28-5/h6-10,12H,11H2,1-5H3,(H,25,26)/b24-10+. The fourth-order valence-corrected chi connectivity index (χ4v) is 3.84. The fourth-order valence-electron chi connectivity index (χ4n) is 2.57. The maximum absolute atomic E-state index is 12.2. The number of carbonyl (C=O) groups excluding carboxylic acids is 1. The number of halogens is 2. The molecule has 2 aromatic carbocycles. The van der Waals surface area contributed by atoms with Gasteiger partial charge in [0.1, 0.15) is 5.75 Å². The van der Waals surface area contributed by atoms with Gasteiger partial charge in [-0.15, -0.1) is 0 Å². The molecule has 0 saturated heterocycles. The third kappa shape index (κ3) is 5.96. The predicted octanol–water partition coefficient (Wildman–Crippen LogP) is 5.19. The van der Waals surface area contributed by atoms with Gasteiger partial charge in [-0.05, 0) is 69.7 Å². The van der Waals surface area contributed by atoms with E-state index >= 15 is 0 Å². The van der Waals surface area contributed by atoms with Crippen molar-refractivity contribution in [2.75, 3.05) is 20.8 Å². The number of ether oxygens (including phenoxy) is 3. The van der Waals surface area contributed by atoms with Gasteiger partial charge >= 0.3 is 0 Å². The van der Waals surface area contributed by atoms with Crippen LogP contribution in [0.5, 0.6) is 17.2 Å². The van der Waals surface area contributed by atoms with E-state index in [0.29, 0.717) is 17.2 Å². The van der Waals surface area contributed by atoms with Crippen molar-refractivity contribution in [1.82, 2.24) is 5.43 Å². The Morgan fingerprint density at radius 2 is 1.86 bits per heavy atom. The molecule has 0 aliphatic heterocycles. The zero-order valence-electron chi connectivity index (χ0n) is 17.0. The average Bonchev–Trinajstić information content (AvgIpc) is 2.70. The summed E-state index contributed by atoms with van der Waals surface area (Å²) >= 11 is 7.12. The van der Waals surface area contributed by atoms with Gasteiger partial charge in [-0.1, -0.05) is 29.8 Å². The minimum absolute atomic E-state index is 0.150. The first-order chi connectivity index (χ1) is 13.8. The highest BCUT2D eigenvalue weighted by atomic mass is 79.9. The molecule has 29 heavy (non-hydrogen) atoms. The molecule has 2 aromatic rings. The molecule has 0 aliphatic carbocycles. The van der Waals surface area contributed by atoms with Crippen molar-refractivity contribution >= 4 is 44.0 Å². The Morgan fingerprint density at radius 3 is 2.48 bits per heavy atom. The molecule has 0 fully saturated rings. The van der Waals surface area contributed by atoms with E-state index in [0.717, 1.165) is 25.6 Å². The molecule has 0 aromatic heterocycles. The average molecular weight is 528 g/mol. The molecule has 1 amide bonds. The van der Waals surface area contributed by atoms with Crippen LogP contribution in [0.3, 0.4) is 0 Å². The fraction of sp³-hybridized carbons (Fsp3) is 0.333. The van der Waals surface area contributed by atoms with Crippen LogP contribution >= 0.6 is 31.9 Å². The Labute approximate surface area is 187 Å². The Balaban J connectivity index is 2.02. The van der Waals surface area contributed by atoms with E-state index in [1.54, 1.807) is 26.4 Å². The summed E-state index contributed by atoms with van der Waals surface area (Å²) in [4.78, 5) is 12.2. The number of carbonyl (C=O) groups is 1. The third-order valence-corrected chi connectivity index (χ3v) is 5.99. The molecular formula is C21H24Br2N2O4. The van der Waals surface area contributed by atoms with Crippen LogP contribution in [0.1, 0.15) is 36.5 Å². The second-order valence-electron chi connectivity index (χ2n) is 6.57. The summed E-state index contributed by atoms with van der Waals surface area (Å²) in [6.07, 6.45) is 1.53. The molecule has 8 heteroatoms. The van der Waals surface area contributed by atoms with E-state index in [-0.39, 0.29) is 18.4 Å². The Bertz CT molecular complexity index is 914. The van der Waals surface area contributed by atoms with Crippen LogP contribution < -0.4 is 19.6 Å². The molecule has 0 radical (unpaired) electrons. The normalized spacial score (nSPS) is 11.0. The number of amides is 1. The lowest BCUT2D eigenvalue weighted by atomic mass is 10.0. The maximum Gasteiger partial charge on any atom is 0.277 e. The third-order valence-electron chi connectivity index (χ3n) is 4.21. The molecule has 0 heterocycles. The first kappa shape index (κ1) is 23.2. The lowest BCUT2D eigenvalue weighted by Crippen LogP contribution is -2.25. The van der Waals surface area contributed by atoms with Crippen molar-refractivity contribution in [3.63, 3.8) is 0 Å². The lowest BCUT2D eigenvalue weighted by Gasteiger charge is -2.18.